The van der Waals surface area contributed by atoms with Crippen molar-refractivity contribution >= 4 is 23.0 Å². The molecule has 0 saturated carbocycles. The fourth-order valence-electron chi connectivity index (χ4n) is 0.879. The van der Waals surface area contributed by atoms with Gasteiger partial charge in [0.1, 0.15) is 0 Å². The van der Waals surface area contributed by atoms with Gasteiger partial charge in [-0.2, -0.15) is 5.17 Å². The summed E-state index contributed by atoms with van der Waals surface area (Å²) in [6, 6.07) is 9.44. The third-order valence-electron chi connectivity index (χ3n) is 1.39. The van der Waals surface area contributed by atoms with Crippen LogP contribution < -0.4 is 16.3 Å². The maximum Gasteiger partial charge on any atom is 0.184 e. The third kappa shape index (κ3) is 2.89. The van der Waals surface area contributed by atoms with Gasteiger partial charge in [0.2, 0.25) is 0 Å². The highest BCUT2D eigenvalue weighted by Crippen LogP contribution is 2.09. The number of para-hydroxylation sites is 1. The van der Waals surface area contributed by atoms with Crippen molar-refractivity contribution in [2.24, 2.45) is 5.73 Å². The molecule has 1 rings (SSSR count). The number of nitrogens with two attached hydrogens (primary N) is 1. The van der Waals surface area contributed by atoms with Crippen LogP contribution in [0.3, 0.4) is 0 Å². The molecule has 70 valence electrons. The maximum absolute atomic E-state index is 5.30. The Bertz CT molecular complexity index is 278. The number of benzene rings is 1. The molecule has 0 atom stereocenters. The average Bonchev–Trinajstić information content (AvgIpc) is 2.15. The number of hydrogen-bond acceptors (Lipinski definition) is 3. The minimum absolute atomic E-state index is 0.158. The number of thiocarbonyl (C=S) groups is 1. The van der Waals surface area contributed by atoms with Gasteiger partial charge in [-0.25, -0.2) is 5.43 Å². The van der Waals surface area contributed by atoms with E-state index in [1.165, 1.54) is 12.3 Å². The van der Waals surface area contributed by atoms with Crippen LogP contribution >= 0.6 is 12.2 Å². The highest BCUT2D eigenvalue weighted by molar-refractivity contribution is 7.80. The molecule has 0 aliphatic heterocycles. The van der Waals surface area contributed by atoms with Crippen LogP contribution in [0.25, 0.3) is 0 Å². The van der Waals surface area contributed by atoms with Gasteiger partial charge in [0.05, 0.1) is 12.8 Å². The minimum atomic E-state index is 0.158. The predicted molar refractivity (Wildman–Crippen MR) is 55.9 cm³/mol. The normalized spacial score (nSPS) is 9.31. The zero-order chi connectivity index (χ0) is 9.68. The highest BCUT2D eigenvalue weighted by atomic mass is 32.1. The monoisotopic (exact) mass is 197 g/mol. The molecule has 0 unspecified atom stereocenters. The lowest BCUT2D eigenvalue weighted by Crippen LogP contribution is -2.44. The van der Waals surface area contributed by atoms with E-state index in [0.29, 0.717) is 0 Å². The summed E-state index contributed by atoms with van der Waals surface area (Å²) in [6.07, 6.45) is 0. The molecule has 3 N–H and O–H groups in total. The summed E-state index contributed by atoms with van der Waals surface area (Å²) in [6.45, 7) is 0. The number of hydrogen-bond donors (Lipinski definition) is 2. The molecule has 0 amide bonds. The standard InChI is InChI=1S/C8H11N3OS/c1-12-11(10-8(9)13)7-5-3-2-4-6-7/h2-6H,1H3,(H3,9,10,13). The van der Waals surface area contributed by atoms with Gasteiger partial charge in [0, 0.05) is 0 Å². The topological polar surface area (TPSA) is 50.5 Å². The molecule has 0 aromatic heterocycles. The Hall–Kier alpha value is -1.33. The number of nitrogens with one attached hydrogen (secondary N) is 1. The van der Waals surface area contributed by atoms with Crippen molar-refractivity contribution in [2.75, 3.05) is 12.3 Å². The summed E-state index contributed by atoms with van der Waals surface area (Å²) in [5, 5.41) is 1.55. The van der Waals surface area contributed by atoms with E-state index in [1.807, 2.05) is 30.3 Å². The van der Waals surface area contributed by atoms with Crippen molar-refractivity contribution in [3.05, 3.63) is 30.3 Å². The Morgan fingerprint density at radius 3 is 2.54 bits per heavy atom. The SMILES string of the molecule is CON(NC(N)=S)c1ccccc1. The smallest absolute Gasteiger partial charge is 0.184 e. The van der Waals surface area contributed by atoms with E-state index in [0.717, 1.165) is 5.69 Å². The number of anilines is 1. The molecule has 0 radical (unpaired) electrons. The van der Waals surface area contributed by atoms with Crippen LogP contribution in [0.2, 0.25) is 0 Å². The van der Waals surface area contributed by atoms with E-state index >= 15 is 0 Å². The first-order valence-electron chi connectivity index (χ1n) is 3.69. The van der Waals surface area contributed by atoms with Crippen LogP contribution in [0.5, 0.6) is 0 Å². The van der Waals surface area contributed by atoms with E-state index in [-0.39, 0.29) is 5.11 Å². The Labute approximate surface area is 82.2 Å². The molecule has 4 nitrogen and oxygen atoms in total. The Morgan fingerprint density at radius 2 is 2.08 bits per heavy atom. The van der Waals surface area contributed by atoms with Gasteiger partial charge >= 0.3 is 0 Å². The molecule has 1 aromatic carbocycles. The summed E-state index contributed by atoms with van der Waals surface area (Å²) < 4.78 is 0. The molecular formula is C8H11N3OS. The molecule has 0 aliphatic rings. The molecule has 13 heavy (non-hydrogen) atoms. The van der Waals surface area contributed by atoms with Crippen LogP contribution in [-0.4, -0.2) is 12.2 Å². The van der Waals surface area contributed by atoms with E-state index in [1.54, 1.807) is 0 Å². The summed E-state index contributed by atoms with van der Waals surface area (Å²) in [5.41, 5.74) is 8.80. The maximum atomic E-state index is 5.30. The van der Waals surface area contributed by atoms with Crippen LogP contribution in [0, 0.1) is 0 Å². The first-order chi connectivity index (χ1) is 6.24. The predicted octanol–water partition coefficient (Wildman–Crippen LogP) is 0.803. The molecule has 0 heterocycles. The first kappa shape index (κ1) is 9.76. The zero-order valence-corrected chi connectivity index (χ0v) is 8.04. The van der Waals surface area contributed by atoms with Gasteiger partial charge < -0.3 is 5.73 Å². The minimum Gasteiger partial charge on any atom is -0.375 e. The van der Waals surface area contributed by atoms with Crippen molar-refractivity contribution in [3.63, 3.8) is 0 Å². The lowest BCUT2D eigenvalue weighted by molar-refractivity contribution is 0.152. The van der Waals surface area contributed by atoms with Crippen LogP contribution in [0.4, 0.5) is 5.69 Å². The van der Waals surface area contributed by atoms with Crippen molar-refractivity contribution in [2.45, 2.75) is 0 Å². The Kier molecular flexibility index (Phi) is 3.48. The number of rotatable bonds is 3. The van der Waals surface area contributed by atoms with E-state index in [4.69, 9.17) is 10.6 Å². The van der Waals surface area contributed by atoms with Gasteiger partial charge in [0.15, 0.2) is 5.11 Å². The fourth-order valence-corrected chi connectivity index (χ4v) is 0.962. The lowest BCUT2D eigenvalue weighted by Gasteiger charge is -2.21. The first-order valence-corrected chi connectivity index (χ1v) is 4.10. The largest absolute Gasteiger partial charge is 0.375 e. The van der Waals surface area contributed by atoms with Gasteiger partial charge in [-0.3, -0.25) is 4.84 Å². The Balaban J connectivity index is 2.73. The second-order valence-corrected chi connectivity index (χ2v) is 2.73. The third-order valence-corrected chi connectivity index (χ3v) is 1.48. The molecule has 0 aliphatic carbocycles. The molecule has 0 spiro atoms. The van der Waals surface area contributed by atoms with Crippen molar-refractivity contribution in [1.82, 2.24) is 5.43 Å². The van der Waals surface area contributed by atoms with Gasteiger partial charge in [-0.05, 0) is 24.4 Å². The van der Waals surface area contributed by atoms with Crippen molar-refractivity contribution in [3.8, 4) is 0 Å². The van der Waals surface area contributed by atoms with Crippen LogP contribution in [-0.2, 0) is 4.84 Å². The van der Waals surface area contributed by atoms with Crippen molar-refractivity contribution < 1.29 is 4.84 Å². The van der Waals surface area contributed by atoms with E-state index in [9.17, 15) is 0 Å². The molecule has 0 bridgehead atoms. The second-order valence-electron chi connectivity index (χ2n) is 2.29. The van der Waals surface area contributed by atoms with Crippen LogP contribution in [0.1, 0.15) is 0 Å². The summed E-state index contributed by atoms with van der Waals surface area (Å²) in [5.74, 6) is 0. The quantitative estimate of drug-likeness (QED) is 0.554. The molecule has 0 saturated heterocycles. The highest BCUT2D eigenvalue weighted by Gasteiger charge is 2.03. The Morgan fingerprint density at radius 1 is 1.46 bits per heavy atom. The van der Waals surface area contributed by atoms with Gasteiger partial charge in [0.25, 0.3) is 0 Å². The summed E-state index contributed by atoms with van der Waals surface area (Å²) >= 11 is 4.68. The molecule has 5 heteroatoms. The number of nitrogens with zero attached hydrogens (tertiary/aromatic N) is 1. The second kappa shape index (κ2) is 4.64. The van der Waals surface area contributed by atoms with Crippen molar-refractivity contribution in [1.29, 1.82) is 0 Å². The average molecular weight is 197 g/mol. The molecular weight excluding hydrogens is 186 g/mol. The van der Waals surface area contributed by atoms with Crippen LogP contribution in [0.15, 0.2) is 30.3 Å². The van der Waals surface area contributed by atoms with Gasteiger partial charge in [-0.15, -0.1) is 0 Å². The van der Waals surface area contributed by atoms with E-state index in [2.05, 4.69) is 17.6 Å². The van der Waals surface area contributed by atoms with E-state index < -0.39 is 0 Å². The van der Waals surface area contributed by atoms with Gasteiger partial charge in [-0.1, -0.05) is 18.2 Å². The molecule has 0 fully saturated rings. The lowest BCUT2D eigenvalue weighted by atomic mass is 10.3. The fraction of sp³-hybridized carbons (Fsp3) is 0.125. The zero-order valence-electron chi connectivity index (χ0n) is 7.23. The summed E-state index contributed by atoms with van der Waals surface area (Å²) in [4.78, 5) is 5.00. The summed E-state index contributed by atoms with van der Waals surface area (Å²) in [7, 11) is 1.53. The number of hydrazine groups is 1. The molecule has 1 aromatic rings.